The zero-order chi connectivity index (χ0) is 12.8. The van der Waals surface area contributed by atoms with Gasteiger partial charge in [0.1, 0.15) is 0 Å². The molecule has 1 amide bonds. The summed E-state index contributed by atoms with van der Waals surface area (Å²) in [5.74, 6) is 0.168. The highest BCUT2D eigenvalue weighted by atomic mass is 16.1. The molecule has 18 heavy (non-hydrogen) atoms. The molecule has 0 aliphatic carbocycles. The zero-order valence-corrected chi connectivity index (χ0v) is 11.0. The predicted octanol–water partition coefficient (Wildman–Crippen LogP) is 1.80. The normalized spacial score (nSPS) is 18.8. The number of carbonyl (C=O) groups is 1. The molecule has 1 aromatic carbocycles. The Labute approximate surface area is 109 Å². The Kier molecular flexibility index (Phi) is 4.76. The number of hydrogen-bond acceptors (Lipinski definition) is 2. The third-order valence-electron chi connectivity index (χ3n) is 3.45. The lowest BCUT2D eigenvalue weighted by Gasteiger charge is -2.10. The first kappa shape index (κ1) is 13.1. The summed E-state index contributed by atoms with van der Waals surface area (Å²) in [4.78, 5) is 11.7. The van der Waals surface area contributed by atoms with Crippen molar-refractivity contribution >= 4 is 5.91 Å². The minimum absolute atomic E-state index is 0.168. The molecule has 1 fully saturated rings. The lowest BCUT2D eigenvalue weighted by atomic mass is 10.1. The van der Waals surface area contributed by atoms with Crippen molar-refractivity contribution in [3.05, 3.63) is 35.4 Å². The number of amides is 1. The molecule has 1 atom stereocenters. The molecule has 1 heterocycles. The molecular formula is C15H22N2O. The van der Waals surface area contributed by atoms with Crippen LogP contribution >= 0.6 is 0 Å². The third-order valence-corrected chi connectivity index (χ3v) is 3.45. The number of hydrogen-bond donors (Lipinski definition) is 2. The molecule has 0 bridgehead atoms. The van der Waals surface area contributed by atoms with Crippen molar-refractivity contribution in [2.45, 2.75) is 38.6 Å². The van der Waals surface area contributed by atoms with Crippen molar-refractivity contribution in [1.29, 1.82) is 0 Å². The minimum Gasteiger partial charge on any atom is -0.356 e. The number of nitrogens with one attached hydrogen (secondary N) is 2. The summed E-state index contributed by atoms with van der Waals surface area (Å²) in [5, 5.41) is 6.33. The Morgan fingerprint density at radius 3 is 2.83 bits per heavy atom. The molecule has 3 heteroatoms. The number of aryl methyl sites for hydroxylation is 1. The van der Waals surface area contributed by atoms with E-state index in [4.69, 9.17) is 0 Å². The van der Waals surface area contributed by atoms with Crippen molar-refractivity contribution in [2.24, 2.45) is 0 Å². The van der Waals surface area contributed by atoms with Gasteiger partial charge in [0.2, 0.25) is 5.91 Å². The molecule has 1 aromatic rings. The summed E-state index contributed by atoms with van der Waals surface area (Å²) in [5.41, 5.74) is 2.55. The van der Waals surface area contributed by atoms with Gasteiger partial charge in [-0.2, -0.15) is 0 Å². The van der Waals surface area contributed by atoms with Crippen LogP contribution in [0.2, 0.25) is 0 Å². The van der Waals surface area contributed by atoms with E-state index in [-0.39, 0.29) is 5.91 Å². The van der Waals surface area contributed by atoms with Gasteiger partial charge in [0.25, 0.3) is 0 Å². The third kappa shape index (κ3) is 4.15. The quantitative estimate of drug-likeness (QED) is 0.831. The summed E-state index contributed by atoms with van der Waals surface area (Å²) in [6.45, 7) is 3.87. The Morgan fingerprint density at radius 1 is 1.39 bits per heavy atom. The van der Waals surface area contributed by atoms with E-state index in [0.717, 1.165) is 25.9 Å². The Bertz CT molecular complexity index is 380. The van der Waals surface area contributed by atoms with Crippen LogP contribution in [0.25, 0.3) is 0 Å². The standard InChI is InChI=1S/C15H22N2O/c1-12-4-6-13(7-5-12)8-10-17-15(18)11-14-3-2-9-16-14/h4-7,14,16H,2-3,8-11H2,1H3,(H,17,18). The monoisotopic (exact) mass is 246 g/mol. The molecule has 3 nitrogen and oxygen atoms in total. The summed E-state index contributed by atoms with van der Waals surface area (Å²) in [6, 6.07) is 8.86. The molecule has 0 spiro atoms. The van der Waals surface area contributed by atoms with Gasteiger partial charge in [-0.1, -0.05) is 29.8 Å². The van der Waals surface area contributed by atoms with Gasteiger partial charge in [-0.3, -0.25) is 4.79 Å². The van der Waals surface area contributed by atoms with Gasteiger partial charge in [-0.05, 0) is 38.3 Å². The van der Waals surface area contributed by atoms with Crippen molar-refractivity contribution in [2.75, 3.05) is 13.1 Å². The molecule has 2 rings (SSSR count). The highest BCUT2D eigenvalue weighted by molar-refractivity contribution is 5.76. The van der Waals surface area contributed by atoms with Gasteiger partial charge in [-0.25, -0.2) is 0 Å². The maximum Gasteiger partial charge on any atom is 0.221 e. The Hall–Kier alpha value is -1.35. The SMILES string of the molecule is Cc1ccc(CCNC(=O)CC2CCCN2)cc1. The highest BCUT2D eigenvalue weighted by Crippen LogP contribution is 2.08. The van der Waals surface area contributed by atoms with E-state index in [2.05, 4.69) is 41.8 Å². The highest BCUT2D eigenvalue weighted by Gasteiger charge is 2.16. The van der Waals surface area contributed by atoms with Gasteiger partial charge in [-0.15, -0.1) is 0 Å². The molecule has 0 aromatic heterocycles. The van der Waals surface area contributed by atoms with Crippen molar-refractivity contribution in [3.63, 3.8) is 0 Å². The lowest BCUT2D eigenvalue weighted by Crippen LogP contribution is -2.32. The van der Waals surface area contributed by atoms with Crippen molar-refractivity contribution in [3.8, 4) is 0 Å². The van der Waals surface area contributed by atoms with Gasteiger partial charge < -0.3 is 10.6 Å². The summed E-state index contributed by atoms with van der Waals surface area (Å²) in [6.07, 6.45) is 3.85. The largest absolute Gasteiger partial charge is 0.356 e. The second kappa shape index (κ2) is 6.55. The fourth-order valence-corrected chi connectivity index (χ4v) is 2.33. The number of rotatable bonds is 5. The smallest absolute Gasteiger partial charge is 0.221 e. The fraction of sp³-hybridized carbons (Fsp3) is 0.533. The predicted molar refractivity (Wildman–Crippen MR) is 73.5 cm³/mol. The molecule has 0 radical (unpaired) electrons. The first-order valence-electron chi connectivity index (χ1n) is 6.79. The second-order valence-electron chi connectivity index (χ2n) is 5.08. The van der Waals surface area contributed by atoms with E-state index in [1.807, 2.05) is 0 Å². The molecular weight excluding hydrogens is 224 g/mol. The van der Waals surface area contributed by atoms with E-state index in [9.17, 15) is 4.79 Å². The van der Waals surface area contributed by atoms with E-state index < -0.39 is 0 Å². The van der Waals surface area contributed by atoms with Crippen LogP contribution in [-0.4, -0.2) is 25.0 Å². The Morgan fingerprint density at radius 2 is 2.17 bits per heavy atom. The van der Waals surface area contributed by atoms with Gasteiger partial charge in [0.05, 0.1) is 0 Å². The zero-order valence-electron chi connectivity index (χ0n) is 11.0. The molecule has 2 N–H and O–H groups in total. The van der Waals surface area contributed by atoms with Gasteiger partial charge in [0.15, 0.2) is 0 Å². The number of carbonyl (C=O) groups excluding carboxylic acids is 1. The van der Waals surface area contributed by atoms with Crippen LogP contribution in [0, 0.1) is 6.92 Å². The first-order chi connectivity index (χ1) is 8.74. The summed E-state index contributed by atoms with van der Waals surface area (Å²) < 4.78 is 0. The molecule has 1 aliphatic heterocycles. The van der Waals surface area contributed by atoms with Crippen molar-refractivity contribution in [1.82, 2.24) is 10.6 Å². The minimum atomic E-state index is 0.168. The summed E-state index contributed by atoms with van der Waals surface area (Å²) in [7, 11) is 0. The average molecular weight is 246 g/mol. The van der Waals surface area contributed by atoms with E-state index in [0.29, 0.717) is 12.5 Å². The topological polar surface area (TPSA) is 41.1 Å². The van der Waals surface area contributed by atoms with E-state index in [1.54, 1.807) is 0 Å². The van der Waals surface area contributed by atoms with Crippen LogP contribution in [0.5, 0.6) is 0 Å². The van der Waals surface area contributed by atoms with Gasteiger partial charge in [0, 0.05) is 19.0 Å². The maximum absolute atomic E-state index is 11.7. The molecule has 0 saturated carbocycles. The maximum atomic E-state index is 11.7. The lowest BCUT2D eigenvalue weighted by molar-refractivity contribution is -0.121. The van der Waals surface area contributed by atoms with Gasteiger partial charge >= 0.3 is 0 Å². The van der Waals surface area contributed by atoms with Crippen LogP contribution in [0.15, 0.2) is 24.3 Å². The molecule has 1 aliphatic rings. The molecule has 1 unspecified atom stereocenters. The van der Waals surface area contributed by atoms with Crippen LogP contribution in [0.1, 0.15) is 30.4 Å². The number of benzene rings is 1. The van der Waals surface area contributed by atoms with Crippen LogP contribution < -0.4 is 10.6 Å². The van der Waals surface area contributed by atoms with E-state index >= 15 is 0 Å². The van der Waals surface area contributed by atoms with Crippen LogP contribution in [0.4, 0.5) is 0 Å². The van der Waals surface area contributed by atoms with Crippen molar-refractivity contribution < 1.29 is 4.79 Å². The van der Waals surface area contributed by atoms with Crippen LogP contribution in [0.3, 0.4) is 0 Å². The molecule has 98 valence electrons. The summed E-state index contributed by atoms with van der Waals surface area (Å²) >= 11 is 0. The van der Waals surface area contributed by atoms with E-state index in [1.165, 1.54) is 17.5 Å². The Balaban J connectivity index is 1.65. The first-order valence-corrected chi connectivity index (χ1v) is 6.79. The molecule has 1 saturated heterocycles. The average Bonchev–Trinajstić information content (AvgIpc) is 2.84. The second-order valence-corrected chi connectivity index (χ2v) is 5.08. The fourth-order valence-electron chi connectivity index (χ4n) is 2.33. The van der Waals surface area contributed by atoms with Crippen LogP contribution in [-0.2, 0) is 11.2 Å².